The summed E-state index contributed by atoms with van der Waals surface area (Å²) < 4.78 is 5.05. The maximum absolute atomic E-state index is 8.78. The Kier molecular flexibility index (Phi) is 3.48. The maximum Gasteiger partial charge on any atom is 0.150 e. The summed E-state index contributed by atoms with van der Waals surface area (Å²) in [6.07, 6.45) is -0.359. The van der Waals surface area contributed by atoms with Gasteiger partial charge in [-0.1, -0.05) is 37.3 Å². The number of nitrogens with zero attached hydrogens (tertiary/aromatic N) is 1. The van der Waals surface area contributed by atoms with Crippen LogP contribution in [0.4, 0.5) is 0 Å². The molecule has 0 aliphatic carbocycles. The Morgan fingerprint density at radius 3 is 2.38 bits per heavy atom. The summed E-state index contributed by atoms with van der Waals surface area (Å²) in [5.74, 6) is 0.121. The molecular weight excluding hydrogens is 162 g/mol. The molecule has 0 fully saturated rings. The first-order valence-electron chi connectivity index (χ1n) is 4.27. The highest BCUT2D eigenvalue weighted by Gasteiger charge is 2.16. The fraction of sp³-hybridized carbons (Fsp3) is 0.364. The van der Waals surface area contributed by atoms with Crippen molar-refractivity contribution >= 4 is 0 Å². The molecule has 0 aromatic heterocycles. The van der Waals surface area contributed by atoms with Crippen molar-refractivity contribution in [3.05, 3.63) is 35.9 Å². The van der Waals surface area contributed by atoms with Gasteiger partial charge in [-0.25, -0.2) is 0 Å². The van der Waals surface area contributed by atoms with Gasteiger partial charge in [0.25, 0.3) is 0 Å². The SMILES string of the molecule is COC(C#N)C(C)c1ccccc1. The molecule has 2 atom stereocenters. The summed E-state index contributed by atoms with van der Waals surface area (Å²) >= 11 is 0. The zero-order valence-corrected chi connectivity index (χ0v) is 7.90. The molecule has 0 amide bonds. The second kappa shape index (κ2) is 4.64. The minimum Gasteiger partial charge on any atom is -0.366 e. The predicted octanol–water partition coefficient (Wildman–Crippen LogP) is 2.33. The smallest absolute Gasteiger partial charge is 0.150 e. The number of hydrogen-bond donors (Lipinski definition) is 0. The number of ether oxygens (including phenoxy) is 1. The van der Waals surface area contributed by atoms with Gasteiger partial charge in [0.1, 0.15) is 6.10 Å². The summed E-state index contributed by atoms with van der Waals surface area (Å²) in [6.45, 7) is 1.99. The van der Waals surface area contributed by atoms with Crippen molar-refractivity contribution in [2.45, 2.75) is 18.9 Å². The van der Waals surface area contributed by atoms with Crippen LogP contribution in [-0.2, 0) is 4.74 Å². The van der Waals surface area contributed by atoms with Crippen LogP contribution in [0, 0.1) is 11.3 Å². The van der Waals surface area contributed by atoms with Crippen LogP contribution in [0.15, 0.2) is 30.3 Å². The fourth-order valence-electron chi connectivity index (χ4n) is 1.30. The third-order valence-electron chi connectivity index (χ3n) is 2.16. The first-order valence-corrected chi connectivity index (χ1v) is 4.27. The van der Waals surface area contributed by atoms with E-state index in [4.69, 9.17) is 10.00 Å². The first-order chi connectivity index (χ1) is 6.29. The Bertz CT molecular complexity index is 289. The molecule has 0 bridgehead atoms. The van der Waals surface area contributed by atoms with Crippen molar-refractivity contribution in [3.8, 4) is 6.07 Å². The molecule has 1 aromatic carbocycles. The second-order valence-corrected chi connectivity index (χ2v) is 2.98. The standard InChI is InChI=1S/C11H13NO/c1-9(11(8-12)13-2)10-6-4-3-5-7-10/h3-7,9,11H,1-2H3. The Hall–Kier alpha value is -1.33. The van der Waals surface area contributed by atoms with E-state index in [1.54, 1.807) is 7.11 Å². The second-order valence-electron chi connectivity index (χ2n) is 2.98. The lowest BCUT2D eigenvalue weighted by atomic mass is 9.96. The van der Waals surface area contributed by atoms with Crippen LogP contribution < -0.4 is 0 Å². The van der Waals surface area contributed by atoms with Crippen molar-refractivity contribution in [3.63, 3.8) is 0 Å². The quantitative estimate of drug-likeness (QED) is 0.706. The van der Waals surface area contributed by atoms with Crippen LogP contribution >= 0.6 is 0 Å². The minimum absolute atomic E-state index is 0.121. The van der Waals surface area contributed by atoms with E-state index >= 15 is 0 Å². The Morgan fingerprint density at radius 1 is 1.31 bits per heavy atom. The van der Waals surface area contributed by atoms with Crippen molar-refractivity contribution in [2.75, 3.05) is 7.11 Å². The van der Waals surface area contributed by atoms with E-state index in [9.17, 15) is 0 Å². The molecule has 2 nitrogen and oxygen atoms in total. The molecule has 0 radical (unpaired) electrons. The van der Waals surface area contributed by atoms with Gasteiger partial charge in [-0.05, 0) is 5.56 Å². The summed E-state index contributed by atoms with van der Waals surface area (Å²) in [5.41, 5.74) is 1.14. The van der Waals surface area contributed by atoms with E-state index in [2.05, 4.69) is 6.07 Å². The summed E-state index contributed by atoms with van der Waals surface area (Å²) in [5, 5.41) is 8.78. The molecule has 0 spiro atoms. The number of rotatable bonds is 3. The molecule has 0 aliphatic rings. The predicted molar refractivity (Wildman–Crippen MR) is 51.3 cm³/mol. The van der Waals surface area contributed by atoms with Crippen LogP contribution in [0.2, 0.25) is 0 Å². The molecule has 0 aliphatic heterocycles. The molecule has 1 aromatic rings. The van der Waals surface area contributed by atoms with E-state index in [-0.39, 0.29) is 12.0 Å². The van der Waals surface area contributed by atoms with Gasteiger partial charge >= 0.3 is 0 Å². The largest absolute Gasteiger partial charge is 0.366 e. The monoisotopic (exact) mass is 175 g/mol. The molecule has 2 unspecified atom stereocenters. The molecule has 0 saturated carbocycles. The zero-order chi connectivity index (χ0) is 9.68. The van der Waals surface area contributed by atoms with Crippen molar-refractivity contribution < 1.29 is 4.74 Å². The highest BCUT2D eigenvalue weighted by atomic mass is 16.5. The third-order valence-corrected chi connectivity index (χ3v) is 2.16. The van der Waals surface area contributed by atoms with Crippen LogP contribution in [0.25, 0.3) is 0 Å². The van der Waals surface area contributed by atoms with Gasteiger partial charge in [0.15, 0.2) is 0 Å². The molecule has 0 heterocycles. The van der Waals surface area contributed by atoms with Gasteiger partial charge < -0.3 is 4.74 Å². The zero-order valence-electron chi connectivity index (χ0n) is 7.90. The highest BCUT2D eigenvalue weighted by molar-refractivity contribution is 5.21. The van der Waals surface area contributed by atoms with Crippen molar-refractivity contribution in [1.82, 2.24) is 0 Å². The minimum atomic E-state index is -0.359. The lowest BCUT2D eigenvalue weighted by Gasteiger charge is -2.15. The summed E-state index contributed by atoms with van der Waals surface area (Å²) in [4.78, 5) is 0. The molecule has 2 heteroatoms. The number of benzene rings is 1. The highest BCUT2D eigenvalue weighted by Crippen LogP contribution is 2.19. The van der Waals surface area contributed by atoms with Crippen LogP contribution in [0.3, 0.4) is 0 Å². The maximum atomic E-state index is 8.78. The fourth-order valence-corrected chi connectivity index (χ4v) is 1.30. The summed E-state index contributed by atoms with van der Waals surface area (Å²) in [6, 6.07) is 12.0. The number of nitriles is 1. The van der Waals surface area contributed by atoms with Crippen molar-refractivity contribution in [2.24, 2.45) is 0 Å². The van der Waals surface area contributed by atoms with Gasteiger partial charge in [0, 0.05) is 13.0 Å². The average Bonchev–Trinajstić information content (AvgIpc) is 2.21. The molecule has 0 N–H and O–H groups in total. The lowest BCUT2D eigenvalue weighted by Crippen LogP contribution is -2.16. The van der Waals surface area contributed by atoms with E-state index in [1.807, 2.05) is 37.3 Å². The van der Waals surface area contributed by atoms with Gasteiger partial charge in [-0.2, -0.15) is 5.26 Å². The van der Waals surface area contributed by atoms with Crippen LogP contribution in [0.1, 0.15) is 18.4 Å². The topological polar surface area (TPSA) is 33.0 Å². The first kappa shape index (κ1) is 9.76. The number of methoxy groups -OCH3 is 1. The summed E-state index contributed by atoms with van der Waals surface area (Å²) in [7, 11) is 1.56. The normalized spacial score (nSPS) is 14.5. The van der Waals surface area contributed by atoms with E-state index in [1.165, 1.54) is 0 Å². The van der Waals surface area contributed by atoms with Crippen LogP contribution in [-0.4, -0.2) is 13.2 Å². The molecular formula is C11H13NO. The molecule has 13 heavy (non-hydrogen) atoms. The van der Waals surface area contributed by atoms with Gasteiger partial charge in [0.2, 0.25) is 0 Å². The average molecular weight is 175 g/mol. The molecule has 0 saturated heterocycles. The lowest BCUT2D eigenvalue weighted by molar-refractivity contribution is 0.128. The Labute approximate surface area is 78.8 Å². The Morgan fingerprint density at radius 2 is 1.92 bits per heavy atom. The molecule has 1 rings (SSSR count). The third kappa shape index (κ3) is 2.30. The van der Waals surface area contributed by atoms with Gasteiger partial charge in [-0.3, -0.25) is 0 Å². The van der Waals surface area contributed by atoms with E-state index in [0.29, 0.717) is 0 Å². The number of hydrogen-bond acceptors (Lipinski definition) is 2. The van der Waals surface area contributed by atoms with E-state index < -0.39 is 0 Å². The van der Waals surface area contributed by atoms with Crippen LogP contribution in [0.5, 0.6) is 0 Å². The van der Waals surface area contributed by atoms with Gasteiger partial charge in [0.05, 0.1) is 6.07 Å². The molecule has 68 valence electrons. The van der Waals surface area contributed by atoms with Crippen molar-refractivity contribution in [1.29, 1.82) is 5.26 Å². The Balaban J connectivity index is 2.79. The van der Waals surface area contributed by atoms with Gasteiger partial charge in [-0.15, -0.1) is 0 Å². The van der Waals surface area contributed by atoms with E-state index in [0.717, 1.165) is 5.56 Å².